The lowest BCUT2D eigenvalue weighted by Crippen LogP contribution is -2.25. The fraction of sp³-hybridized carbons (Fsp3) is 0.739. The maximum atomic E-state index is 2.74. The van der Waals surface area contributed by atoms with Gasteiger partial charge in [0.05, 0.1) is 0 Å². The molecule has 0 spiro atoms. The number of rotatable bonds is 33. The van der Waals surface area contributed by atoms with E-state index in [9.17, 15) is 0 Å². The second-order valence-corrected chi connectivity index (χ2v) is 15.0. The molecule has 0 N–H and O–H groups in total. The lowest BCUT2D eigenvalue weighted by atomic mass is 10.0. The Morgan fingerprint density at radius 3 is 0.771 bits per heavy atom. The monoisotopic (exact) mass is 661 g/mol. The first-order valence-electron chi connectivity index (χ1n) is 21.3. The molecule has 274 valence electrons. The number of hydrogen-bond acceptors (Lipinski definition) is 2. The Morgan fingerprint density at radius 2 is 0.521 bits per heavy atom. The van der Waals surface area contributed by atoms with E-state index < -0.39 is 0 Å². The minimum absolute atomic E-state index is 1.09. The highest BCUT2D eigenvalue weighted by Crippen LogP contribution is 2.22. The van der Waals surface area contributed by atoms with Gasteiger partial charge in [-0.05, 0) is 74.1 Å². The molecular formula is C46H80N2. The molecule has 0 amide bonds. The molecule has 48 heavy (non-hydrogen) atoms. The molecule has 0 heterocycles. The van der Waals surface area contributed by atoms with Crippen molar-refractivity contribution in [3.8, 4) is 11.1 Å². The van der Waals surface area contributed by atoms with Crippen LogP contribution in [0.4, 0.5) is 0 Å². The molecule has 2 heteroatoms. The van der Waals surface area contributed by atoms with Gasteiger partial charge in [0, 0.05) is 13.1 Å². The van der Waals surface area contributed by atoms with E-state index in [1.165, 1.54) is 203 Å². The Kier molecular flexibility index (Phi) is 26.8. The van der Waals surface area contributed by atoms with Crippen molar-refractivity contribution < 1.29 is 0 Å². The summed E-state index contributed by atoms with van der Waals surface area (Å²) in [6.07, 6.45) is 33.1. The van der Waals surface area contributed by atoms with E-state index in [1.54, 1.807) is 0 Å². The average Bonchev–Trinajstić information content (AvgIpc) is 3.11. The lowest BCUT2D eigenvalue weighted by Gasteiger charge is -2.23. The summed E-state index contributed by atoms with van der Waals surface area (Å²) >= 11 is 0. The average molecular weight is 661 g/mol. The van der Waals surface area contributed by atoms with Gasteiger partial charge in [-0.1, -0.05) is 205 Å². The molecule has 0 saturated heterocycles. The van der Waals surface area contributed by atoms with Crippen LogP contribution in [0.2, 0.25) is 0 Å². The summed E-state index contributed by atoms with van der Waals surface area (Å²) in [6, 6.07) is 19.0. The maximum Gasteiger partial charge on any atom is 0.0233 e. The molecule has 2 rings (SSSR count). The first kappa shape index (κ1) is 42.5. The van der Waals surface area contributed by atoms with Gasteiger partial charge in [0.1, 0.15) is 0 Å². The fourth-order valence-corrected chi connectivity index (χ4v) is 7.12. The lowest BCUT2D eigenvalue weighted by molar-refractivity contribution is 0.252. The summed E-state index contributed by atoms with van der Waals surface area (Å²) in [4.78, 5) is 5.48. The number of hydrogen-bond donors (Lipinski definition) is 0. The summed E-state index contributed by atoms with van der Waals surface area (Å²) < 4.78 is 0. The highest BCUT2D eigenvalue weighted by molar-refractivity contribution is 5.64. The minimum Gasteiger partial charge on any atom is -0.299 e. The van der Waals surface area contributed by atoms with Gasteiger partial charge >= 0.3 is 0 Å². The summed E-state index contributed by atoms with van der Waals surface area (Å²) in [6.45, 7) is 16.4. The molecule has 0 fully saturated rings. The smallest absolute Gasteiger partial charge is 0.0233 e. The Bertz CT molecular complexity index is 838. The van der Waals surface area contributed by atoms with E-state index in [0.717, 1.165) is 13.1 Å². The molecular weight excluding hydrogens is 581 g/mol. The molecule has 0 aliphatic carbocycles. The van der Waals surface area contributed by atoms with Crippen molar-refractivity contribution in [3.63, 3.8) is 0 Å². The van der Waals surface area contributed by atoms with Crippen LogP contribution in [0, 0.1) is 0 Å². The summed E-state index contributed by atoms with van der Waals surface area (Å²) in [5, 5.41) is 0. The molecule has 2 aromatic carbocycles. The van der Waals surface area contributed by atoms with E-state index in [-0.39, 0.29) is 0 Å². The van der Waals surface area contributed by atoms with Gasteiger partial charge in [0.25, 0.3) is 0 Å². The molecule has 0 radical (unpaired) electrons. The van der Waals surface area contributed by atoms with Crippen LogP contribution in [0.5, 0.6) is 0 Å². The van der Waals surface area contributed by atoms with Crippen LogP contribution in [0.15, 0.2) is 48.5 Å². The molecule has 0 aromatic heterocycles. The minimum atomic E-state index is 1.09. The normalized spacial score (nSPS) is 11.7. The van der Waals surface area contributed by atoms with Crippen LogP contribution in [-0.2, 0) is 13.1 Å². The van der Waals surface area contributed by atoms with Crippen molar-refractivity contribution in [1.29, 1.82) is 0 Å². The van der Waals surface area contributed by atoms with Crippen LogP contribution in [-0.4, -0.2) is 36.0 Å². The van der Waals surface area contributed by atoms with E-state index >= 15 is 0 Å². The van der Waals surface area contributed by atoms with Gasteiger partial charge in [-0.25, -0.2) is 0 Å². The zero-order valence-electron chi connectivity index (χ0n) is 32.7. The van der Waals surface area contributed by atoms with Crippen LogP contribution in [0.3, 0.4) is 0 Å². The van der Waals surface area contributed by atoms with E-state index in [2.05, 4.69) is 86.0 Å². The van der Waals surface area contributed by atoms with E-state index in [4.69, 9.17) is 0 Å². The molecule has 0 aliphatic rings. The number of unbranched alkanes of at least 4 members (excludes halogenated alkanes) is 20. The van der Waals surface area contributed by atoms with Crippen LogP contribution in [0.25, 0.3) is 11.1 Å². The highest BCUT2D eigenvalue weighted by Gasteiger charge is 2.09. The third kappa shape index (κ3) is 21.4. The standard InChI is InChI=1S/C46H80N2/c1-5-9-13-17-21-25-37-47(38-26-22-18-14-10-6-2)41-43-29-33-45(34-30-43)46-35-31-44(32-36-46)42-48(39-27-23-19-15-11-7-3)40-28-24-20-16-12-8-4/h29-36H,5-28,37-42H2,1-4H3. The predicted octanol–water partition coefficient (Wildman–Crippen LogP) is 14.4. The molecule has 0 bridgehead atoms. The molecule has 0 aliphatic heterocycles. The topological polar surface area (TPSA) is 6.48 Å². The SMILES string of the molecule is CCCCCCCCN(CCCCCCCC)Cc1ccc(-c2ccc(CN(CCCCCCCC)CCCCCCCC)cc2)cc1. The van der Waals surface area contributed by atoms with Crippen molar-refractivity contribution in [2.75, 3.05) is 26.2 Å². The summed E-state index contributed by atoms with van der Waals surface area (Å²) in [5.74, 6) is 0. The van der Waals surface area contributed by atoms with E-state index in [1.807, 2.05) is 0 Å². The molecule has 0 saturated carbocycles. The molecule has 0 unspecified atom stereocenters. The second-order valence-electron chi connectivity index (χ2n) is 15.0. The van der Waals surface area contributed by atoms with Crippen LogP contribution < -0.4 is 0 Å². The van der Waals surface area contributed by atoms with Gasteiger partial charge in [0.2, 0.25) is 0 Å². The second kappa shape index (κ2) is 30.2. The summed E-state index contributed by atoms with van der Waals surface area (Å²) in [5.41, 5.74) is 5.62. The number of nitrogens with zero attached hydrogens (tertiary/aromatic N) is 2. The summed E-state index contributed by atoms with van der Waals surface area (Å²) in [7, 11) is 0. The molecule has 0 atom stereocenters. The Balaban J connectivity index is 1.91. The van der Waals surface area contributed by atoms with Crippen LogP contribution in [0.1, 0.15) is 193 Å². The van der Waals surface area contributed by atoms with Gasteiger partial charge in [-0.3, -0.25) is 9.80 Å². The quantitative estimate of drug-likeness (QED) is 0.0703. The van der Waals surface area contributed by atoms with Crippen molar-refractivity contribution in [1.82, 2.24) is 9.80 Å². The van der Waals surface area contributed by atoms with E-state index in [0.29, 0.717) is 0 Å². The number of benzene rings is 2. The first-order valence-corrected chi connectivity index (χ1v) is 21.3. The largest absolute Gasteiger partial charge is 0.299 e. The third-order valence-corrected chi connectivity index (χ3v) is 10.4. The Morgan fingerprint density at radius 1 is 0.292 bits per heavy atom. The third-order valence-electron chi connectivity index (χ3n) is 10.4. The van der Waals surface area contributed by atoms with Crippen molar-refractivity contribution >= 4 is 0 Å². The maximum absolute atomic E-state index is 2.74. The van der Waals surface area contributed by atoms with Crippen molar-refractivity contribution in [2.24, 2.45) is 0 Å². The first-order chi connectivity index (χ1) is 23.7. The zero-order chi connectivity index (χ0) is 34.3. The molecule has 2 aromatic rings. The predicted molar refractivity (Wildman–Crippen MR) is 216 cm³/mol. The Hall–Kier alpha value is -1.64. The van der Waals surface area contributed by atoms with Crippen LogP contribution >= 0.6 is 0 Å². The van der Waals surface area contributed by atoms with Gasteiger partial charge in [-0.15, -0.1) is 0 Å². The van der Waals surface area contributed by atoms with Crippen molar-refractivity contribution in [2.45, 2.75) is 195 Å². The Labute approximate surface area is 300 Å². The molecule has 2 nitrogen and oxygen atoms in total. The van der Waals surface area contributed by atoms with Gasteiger partial charge < -0.3 is 0 Å². The van der Waals surface area contributed by atoms with Crippen molar-refractivity contribution in [3.05, 3.63) is 59.7 Å². The van der Waals surface area contributed by atoms with Gasteiger partial charge in [0.15, 0.2) is 0 Å². The highest BCUT2D eigenvalue weighted by atomic mass is 15.1. The zero-order valence-corrected chi connectivity index (χ0v) is 32.7. The fourth-order valence-electron chi connectivity index (χ4n) is 7.12. The van der Waals surface area contributed by atoms with Gasteiger partial charge in [-0.2, -0.15) is 0 Å².